The molecule has 8 heteroatoms. The molecule has 2 N–H and O–H groups in total. The number of ether oxygens (including phenoxy) is 1. The molecule has 0 radical (unpaired) electrons. The Hall–Kier alpha value is -2.74. The molecule has 0 saturated carbocycles. The van der Waals surface area contributed by atoms with E-state index in [0.29, 0.717) is 61.9 Å². The van der Waals surface area contributed by atoms with E-state index in [1.807, 2.05) is 4.90 Å². The van der Waals surface area contributed by atoms with Gasteiger partial charge >= 0.3 is 5.97 Å². The van der Waals surface area contributed by atoms with Gasteiger partial charge in [0.2, 0.25) is 5.95 Å². The number of aromatic nitrogens is 2. The number of halogens is 1. The minimum absolute atomic E-state index is 0.0297. The Morgan fingerprint density at radius 1 is 1.30 bits per heavy atom. The predicted octanol–water partition coefficient (Wildman–Crippen LogP) is 2.34. The molecule has 1 saturated heterocycles. The first-order valence-corrected chi connectivity index (χ1v) is 8.93. The Kier molecular flexibility index (Phi) is 6.18. The third kappa shape index (κ3) is 4.71. The second kappa shape index (κ2) is 8.77. The number of aliphatic hydroxyl groups excluding tert-OH is 1. The molecule has 0 spiro atoms. The summed E-state index contributed by atoms with van der Waals surface area (Å²) >= 11 is 0. The fourth-order valence-corrected chi connectivity index (χ4v) is 3.02. The number of carbonyl (C=O) groups is 1. The summed E-state index contributed by atoms with van der Waals surface area (Å²) in [4.78, 5) is 21.7. The molecular weight excluding hydrogens is 353 g/mol. The van der Waals surface area contributed by atoms with Gasteiger partial charge in [0.15, 0.2) is 0 Å². The summed E-state index contributed by atoms with van der Waals surface area (Å²) in [6, 6.07) is 6.07. The summed E-state index contributed by atoms with van der Waals surface area (Å²) in [5.41, 5.74) is 0.742. The maximum Gasteiger partial charge on any atom is 0.306 e. The minimum Gasteiger partial charge on any atom is -0.493 e. The molecule has 144 valence electrons. The first-order valence-electron chi connectivity index (χ1n) is 8.93. The topological polar surface area (TPSA) is 95.8 Å². The zero-order valence-electron chi connectivity index (χ0n) is 14.8. The van der Waals surface area contributed by atoms with Crippen LogP contribution in [-0.2, 0) is 4.79 Å². The lowest BCUT2D eigenvalue weighted by molar-refractivity contribution is -0.142. The normalized spacial score (nSPS) is 15.0. The Morgan fingerprint density at radius 2 is 2.07 bits per heavy atom. The average molecular weight is 375 g/mol. The van der Waals surface area contributed by atoms with Gasteiger partial charge in [-0.25, -0.2) is 14.4 Å². The summed E-state index contributed by atoms with van der Waals surface area (Å²) in [5.74, 6) is -0.567. The molecule has 0 atom stereocenters. The Morgan fingerprint density at radius 3 is 2.78 bits per heavy atom. The monoisotopic (exact) mass is 375 g/mol. The SMILES string of the molecule is O=C(O)C1CCN(c2nccc(-c3cc(OCCCO)ccc3F)n2)CC1. The van der Waals surface area contributed by atoms with Gasteiger partial charge in [-0.05, 0) is 37.1 Å². The Balaban J connectivity index is 1.77. The minimum atomic E-state index is -0.774. The van der Waals surface area contributed by atoms with Crippen molar-refractivity contribution in [3.8, 4) is 17.0 Å². The molecule has 0 unspecified atom stereocenters. The lowest BCUT2D eigenvalue weighted by Gasteiger charge is -2.30. The first kappa shape index (κ1) is 19.0. The maximum absolute atomic E-state index is 14.3. The number of anilines is 1. The molecule has 27 heavy (non-hydrogen) atoms. The van der Waals surface area contributed by atoms with E-state index >= 15 is 0 Å². The van der Waals surface area contributed by atoms with E-state index in [1.54, 1.807) is 18.3 Å². The summed E-state index contributed by atoms with van der Waals surface area (Å²) in [6.07, 6.45) is 3.13. The van der Waals surface area contributed by atoms with E-state index in [9.17, 15) is 9.18 Å². The van der Waals surface area contributed by atoms with Crippen molar-refractivity contribution in [1.82, 2.24) is 9.97 Å². The van der Waals surface area contributed by atoms with Gasteiger partial charge < -0.3 is 19.8 Å². The average Bonchev–Trinajstić information content (AvgIpc) is 2.69. The van der Waals surface area contributed by atoms with Crippen LogP contribution in [-0.4, -0.2) is 52.5 Å². The van der Waals surface area contributed by atoms with Crippen molar-refractivity contribution < 1.29 is 24.1 Å². The van der Waals surface area contributed by atoms with E-state index in [0.717, 1.165) is 0 Å². The zero-order chi connectivity index (χ0) is 19.2. The van der Waals surface area contributed by atoms with Crippen LogP contribution in [0.3, 0.4) is 0 Å². The first-order chi connectivity index (χ1) is 13.1. The molecule has 3 rings (SSSR count). The number of nitrogens with zero attached hydrogens (tertiary/aromatic N) is 3. The molecular formula is C19H22FN3O4. The van der Waals surface area contributed by atoms with Gasteiger partial charge in [-0.15, -0.1) is 0 Å². The standard InChI is InChI=1S/C19H22FN3O4/c20-16-3-2-14(27-11-1-10-24)12-15(16)17-4-7-21-19(22-17)23-8-5-13(6-9-23)18(25)26/h2-4,7,12-13,24H,1,5-6,8-11H2,(H,25,26). The highest BCUT2D eigenvalue weighted by molar-refractivity contribution is 5.70. The van der Waals surface area contributed by atoms with Gasteiger partial charge in [0, 0.05) is 37.9 Å². The van der Waals surface area contributed by atoms with Crippen LogP contribution in [0.4, 0.5) is 10.3 Å². The van der Waals surface area contributed by atoms with Gasteiger partial charge in [0.25, 0.3) is 0 Å². The van der Waals surface area contributed by atoms with Crippen LogP contribution in [0.5, 0.6) is 5.75 Å². The molecule has 1 aromatic heterocycles. The van der Waals surface area contributed by atoms with E-state index in [-0.39, 0.29) is 12.5 Å². The second-order valence-corrected chi connectivity index (χ2v) is 6.41. The van der Waals surface area contributed by atoms with Gasteiger partial charge in [-0.1, -0.05) is 0 Å². The second-order valence-electron chi connectivity index (χ2n) is 6.41. The number of piperidine rings is 1. The number of carboxylic acids is 1. The third-order valence-electron chi connectivity index (χ3n) is 4.55. The number of hydrogen-bond acceptors (Lipinski definition) is 6. The van der Waals surface area contributed by atoms with Crippen molar-refractivity contribution in [2.24, 2.45) is 5.92 Å². The predicted molar refractivity (Wildman–Crippen MR) is 97.2 cm³/mol. The van der Waals surface area contributed by atoms with Crippen LogP contribution in [0.2, 0.25) is 0 Å². The third-order valence-corrected chi connectivity index (χ3v) is 4.55. The van der Waals surface area contributed by atoms with Crippen LogP contribution in [0, 0.1) is 11.7 Å². The fraction of sp³-hybridized carbons (Fsp3) is 0.421. The molecule has 1 fully saturated rings. The van der Waals surface area contributed by atoms with E-state index in [2.05, 4.69) is 9.97 Å². The summed E-state index contributed by atoms with van der Waals surface area (Å²) in [7, 11) is 0. The Labute approximate surface area is 156 Å². The Bertz CT molecular complexity index is 794. The molecule has 2 heterocycles. The van der Waals surface area contributed by atoms with Gasteiger partial charge in [0.05, 0.1) is 18.2 Å². The number of aliphatic carboxylic acids is 1. The van der Waals surface area contributed by atoms with Crippen molar-refractivity contribution in [1.29, 1.82) is 0 Å². The molecule has 1 aliphatic rings. The van der Waals surface area contributed by atoms with Crippen LogP contribution in [0.15, 0.2) is 30.5 Å². The van der Waals surface area contributed by atoms with Crippen molar-refractivity contribution in [2.45, 2.75) is 19.3 Å². The van der Waals surface area contributed by atoms with Crippen molar-refractivity contribution in [2.75, 3.05) is 31.2 Å². The van der Waals surface area contributed by atoms with Crippen LogP contribution in [0.25, 0.3) is 11.3 Å². The number of benzene rings is 1. The highest BCUT2D eigenvalue weighted by Crippen LogP contribution is 2.28. The summed E-state index contributed by atoms with van der Waals surface area (Å²) < 4.78 is 19.8. The smallest absolute Gasteiger partial charge is 0.306 e. The lowest BCUT2D eigenvalue weighted by atomic mass is 9.97. The van der Waals surface area contributed by atoms with Crippen LogP contribution >= 0.6 is 0 Å². The van der Waals surface area contributed by atoms with E-state index in [1.165, 1.54) is 12.1 Å². The largest absolute Gasteiger partial charge is 0.493 e. The highest BCUT2D eigenvalue weighted by atomic mass is 19.1. The molecule has 0 amide bonds. The van der Waals surface area contributed by atoms with Gasteiger partial charge in [-0.2, -0.15) is 0 Å². The number of hydrogen-bond donors (Lipinski definition) is 2. The highest BCUT2D eigenvalue weighted by Gasteiger charge is 2.26. The van der Waals surface area contributed by atoms with E-state index in [4.69, 9.17) is 14.9 Å². The fourth-order valence-electron chi connectivity index (χ4n) is 3.02. The zero-order valence-corrected chi connectivity index (χ0v) is 14.8. The summed E-state index contributed by atoms with van der Waals surface area (Å²) in [5, 5.41) is 17.9. The number of rotatable bonds is 7. The van der Waals surface area contributed by atoms with Crippen molar-refractivity contribution >= 4 is 11.9 Å². The van der Waals surface area contributed by atoms with E-state index < -0.39 is 11.8 Å². The summed E-state index contributed by atoms with van der Waals surface area (Å²) in [6.45, 7) is 1.47. The maximum atomic E-state index is 14.3. The molecule has 1 aromatic carbocycles. The quantitative estimate of drug-likeness (QED) is 0.717. The number of aliphatic hydroxyl groups is 1. The molecule has 2 aromatic rings. The lowest BCUT2D eigenvalue weighted by Crippen LogP contribution is -2.37. The molecule has 0 bridgehead atoms. The molecule has 0 aliphatic carbocycles. The van der Waals surface area contributed by atoms with Gasteiger partial charge in [-0.3, -0.25) is 4.79 Å². The molecule has 7 nitrogen and oxygen atoms in total. The van der Waals surface area contributed by atoms with Crippen LogP contribution < -0.4 is 9.64 Å². The van der Waals surface area contributed by atoms with Crippen LogP contribution in [0.1, 0.15) is 19.3 Å². The van der Waals surface area contributed by atoms with Crippen molar-refractivity contribution in [3.05, 3.63) is 36.3 Å². The molecule has 1 aliphatic heterocycles. The van der Waals surface area contributed by atoms with Gasteiger partial charge in [0.1, 0.15) is 11.6 Å². The van der Waals surface area contributed by atoms with Crippen molar-refractivity contribution in [3.63, 3.8) is 0 Å². The number of carboxylic acid groups (broad SMARTS) is 1.